The average Bonchev–Trinajstić information content (AvgIpc) is 2.73. The second-order valence-corrected chi connectivity index (χ2v) is 6.06. The number of carbonyl (C=O) groups excluding carboxylic acids is 1. The lowest BCUT2D eigenvalue weighted by Crippen LogP contribution is -2.30. The fraction of sp³-hybridized carbons (Fsp3) is 0.182. The van der Waals surface area contributed by atoms with Gasteiger partial charge >= 0.3 is 0 Å². The van der Waals surface area contributed by atoms with E-state index < -0.39 is 0 Å². The van der Waals surface area contributed by atoms with E-state index in [9.17, 15) is 4.79 Å². The fourth-order valence-electron chi connectivity index (χ4n) is 2.79. The summed E-state index contributed by atoms with van der Waals surface area (Å²) in [6.07, 6.45) is 1.60. The first-order chi connectivity index (χ1) is 13.2. The Morgan fingerprint density at radius 1 is 1.04 bits per heavy atom. The first kappa shape index (κ1) is 18.5. The third-order valence-electron chi connectivity index (χ3n) is 4.27. The Balaban J connectivity index is 1.71. The number of hydrogen-bond acceptors (Lipinski definition) is 4. The second kappa shape index (κ2) is 8.85. The van der Waals surface area contributed by atoms with Gasteiger partial charge in [0.25, 0.3) is 5.91 Å². The molecule has 1 amide bonds. The minimum Gasteiger partial charge on any atom is -0.495 e. The number of nitrogens with zero attached hydrogens (tertiary/aromatic N) is 2. The maximum absolute atomic E-state index is 12.8. The molecule has 1 aromatic heterocycles. The molecule has 1 N–H and O–H groups in total. The maximum atomic E-state index is 12.8. The molecule has 5 heteroatoms. The topological polar surface area (TPSA) is 54.5 Å². The quantitative estimate of drug-likeness (QED) is 0.673. The number of rotatable bonds is 7. The van der Waals surface area contributed by atoms with Crippen molar-refractivity contribution < 1.29 is 9.53 Å². The number of hydrogen-bond donors (Lipinski definition) is 1. The number of anilines is 2. The Bertz CT molecular complexity index is 880. The van der Waals surface area contributed by atoms with Crippen LogP contribution in [-0.4, -0.2) is 29.4 Å². The molecule has 0 saturated heterocycles. The second-order valence-electron chi connectivity index (χ2n) is 6.06. The highest BCUT2D eigenvalue weighted by Crippen LogP contribution is 2.26. The number of methoxy groups -OCH3 is 1. The lowest BCUT2D eigenvalue weighted by molar-refractivity contribution is 0.0752. The van der Waals surface area contributed by atoms with Gasteiger partial charge < -0.3 is 15.0 Å². The summed E-state index contributed by atoms with van der Waals surface area (Å²) in [6, 6.07) is 21.2. The molecule has 3 rings (SSSR count). The van der Waals surface area contributed by atoms with E-state index in [-0.39, 0.29) is 5.91 Å². The largest absolute Gasteiger partial charge is 0.495 e. The summed E-state index contributed by atoms with van der Waals surface area (Å²) in [5.74, 6) is 1.36. The number of carbonyl (C=O) groups is 1. The van der Waals surface area contributed by atoms with Crippen molar-refractivity contribution in [3.8, 4) is 5.75 Å². The van der Waals surface area contributed by atoms with Crippen molar-refractivity contribution in [2.24, 2.45) is 0 Å². The van der Waals surface area contributed by atoms with Crippen molar-refractivity contribution in [3.05, 3.63) is 84.1 Å². The minimum absolute atomic E-state index is 0.0299. The summed E-state index contributed by atoms with van der Waals surface area (Å²) in [5, 5.41) is 3.21. The monoisotopic (exact) mass is 361 g/mol. The number of benzene rings is 2. The van der Waals surface area contributed by atoms with E-state index in [1.54, 1.807) is 30.3 Å². The number of ether oxygens (including phenoxy) is 1. The molecule has 1 heterocycles. The van der Waals surface area contributed by atoms with Crippen LogP contribution in [0.1, 0.15) is 22.8 Å². The lowest BCUT2D eigenvalue weighted by atomic mass is 10.2. The van der Waals surface area contributed by atoms with Crippen molar-refractivity contribution in [1.29, 1.82) is 0 Å². The van der Waals surface area contributed by atoms with E-state index in [2.05, 4.69) is 10.3 Å². The van der Waals surface area contributed by atoms with E-state index in [0.29, 0.717) is 24.5 Å². The van der Waals surface area contributed by atoms with Crippen LogP contribution >= 0.6 is 0 Å². The molecule has 0 atom stereocenters. The molecule has 0 saturated carbocycles. The van der Waals surface area contributed by atoms with Crippen molar-refractivity contribution in [2.75, 3.05) is 19.0 Å². The van der Waals surface area contributed by atoms with Crippen LogP contribution in [0.3, 0.4) is 0 Å². The van der Waals surface area contributed by atoms with Crippen LogP contribution in [0.15, 0.2) is 72.9 Å². The number of aromatic nitrogens is 1. The SMILES string of the molecule is CCN(Cc1ccccc1)C(=O)c1ccc(Nc2ccccc2OC)nc1. The highest BCUT2D eigenvalue weighted by atomic mass is 16.5. The van der Waals surface area contributed by atoms with E-state index in [1.165, 1.54) is 0 Å². The highest BCUT2D eigenvalue weighted by Gasteiger charge is 2.15. The van der Waals surface area contributed by atoms with Crippen LogP contribution < -0.4 is 10.1 Å². The zero-order chi connectivity index (χ0) is 19.1. The average molecular weight is 361 g/mol. The Morgan fingerprint density at radius 2 is 1.78 bits per heavy atom. The molecule has 0 aliphatic rings. The molecular weight excluding hydrogens is 338 g/mol. The van der Waals surface area contributed by atoms with E-state index in [1.807, 2.05) is 61.5 Å². The molecule has 0 spiro atoms. The van der Waals surface area contributed by atoms with Crippen molar-refractivity contribution in [3.63, 3.8) is 0 Å². The van der Waals surface area contributed by atoms with Gasteiger partial charge in [0.15, 0.2) is 0 Å². The van der Waals surface area contributed by atoms with Gasteiger partial charge in [-0.15, -0.1) is 0 Å². The molecule has 138 valence electrons. The molecule has 0 bridgehead atoms. The van der Waals surface area contributed by atoms with Crippen molar-refractivity contribution in [2.45, 2.75) is 13.5 Å². The normalized spacial score (nSPS) is 10.3. The molecule has 0 unspecified atom stereocenters. The van der Waals surface area contributed by atoms with Gasteiger partial charge in [-0.3, -0.25) is 4.79 Å². The predicted molar refractivity (Wildman–Crippen MR) is 107 cm³/mol. The third kappa shape index (κ3) is 4.64. The van der Waals surface area contributed by atoms with Crippen molar-refractivity contribution in [1.82, 2.24) is 9.88 Å². The summed E-state index contributed by atoms with van der Waals surface area (Å²) in [4.78, 5) is 19.0. The fourth-order valence-corrected chi connectivity index (χ4v) is 2.79. The van der Waals surface area contributed by atoms with Gasteiger partial charge in [-0.2, -0.15) is 0 Å². The van der Waals surface area contributed by atoms with Crippen LogP contribution in [-0.2, 0) is 6.54 Å². The number of para-hydroxylation sites is 2. The molecule has 2 aromatic carbocycles. The van der Waals surface area contributed by atoms with Gasteiger partial charge in [-0.05, 0) is 36.8 Å². The van der Waals surface area contributed by atoms with Gasteiger partial charge in [0.2, 0.25) is 0 Å². The number of pyridine rings is 1. The first-order valence-corrected chi connectivity index (χ1v) is 8.90. The third-order valence-corrected chi connectivity index (χ3v) is 4.27. The van der Waals surface area contributed by atoms with Gasteiger partial charge in [-0.25, -0.2) is 4.98 Å². The summed E-state index contributed by atoms with van der Waals surface area (Å²) < 4.78 is 5.33. The van der Waals surface area contributed by atoms with Crippen LogP contribution in [0.25, 0.3) is 0 Å². The van der Waals surface area contributed by atoms with Gasteiger partial charge in [-0.1, -0.05) is 42.5 Å². The molecule has 27 heavy (non-hydrogen) atoms. The summed E-state index contributed by atoms with van der Waals surface area (Å²) >= 11 is 0. The van der Waals surface area contributed by atoms with Gasteiger partial charge in [0.1, 0.15) is 11.6 Å². The van der Waals surface area contributed by atoms with Gasteiger partial charge in [0.05, 0.1) is 18.4 Å². The zero-order valence-corrected chi connectivity index (χ0v) is 15.6. The van der Waals surface area contributed by atoms with Crippen LogP contribution in [0, 0.1) is 0 Å². The molecule has 0 fully saturated rings. The maximum Gasteiger partial charge on any atom is 0.255 e. The summed E-state index contributed by atoms with van der Waals surface area (Å²) in [6.45, 7) is 3.19. The van der Waals surface area contributed by atoms with E-state index in [4.69, 9.17) is 4.74 Å². The zero-order valence-electron chi connectivity index (χ0n) is 15.6. The Labute approximate surface area is 159 Å². The molecule has 0 radical (unpaired) electrons. The Kier molecular flexibility index (Phi) is 6.05. The molecule has 5 nitrogen and oxygen atoms in total. The van der Waals surface area contributed by atoms with Crippen LogP contribution in [0.2, 0.25) is 0 Å². The molecule has 0 aliphatic carbocycles. The lowest BCUT2D eigenvalue weighted by Gasteiger charge is -2.21. The van der Waals surface area contributed by atoms with E-state index in [0.717, 1.165) is 17.0 Å². The molecule has 3 aromatic rings. The molecule has 0 aliphatic heterocycles. The standard InChI is InChI=1S/C22H23N3O2/c1-3-25(16-17-9-5-4-6-10-17)22(26)18-13-14-21(23-15-18)24-19-11-7-8-12-20(19)27-2/h4-15H,3,16H2,1-2H3,(H,23,24). The minimum atomic E-state index is -0.0299. The van der Waals surface area contributed by atoms with Crippen LogP contribution in [0.5, 0.6) is 5.75 Å². The van der Waals surface area contributed by atoms with Crippen LogP contribution in [0.4, 0.5) is 11.5 Å². The Morgan fingerprint density at radius 3 is 2.44 bits per heavy atom. The Hall–Kier alpha value is -3.34. The van der Waals surface area contributed by atoms with Gasteiger partial charge in [0, 0.05) is 19.3 Å². The summed E-state index contributed by atoms with van der Waals surface area (Å²) in [5.41, 5.74) is 2.50. The summed E-state index contributed by atoms with van der Waals surface area (Å²) in [7, 11) is 1.63. The first-order valence-electron chi connectivity index (χ1n) is 8.90. The van der Waals surface area contributed by atoms with E-state index >= 15 is 0 Å². The smallest absolute Gasteiger partial charge is 0.255 e. The molecular formula is C22H23N3O2. The number of nitrogens with one attached hydrogen (secondary N) is 1. The predicted octanol–water partition coefficient (Wildman–Crippen LogP) is 4.50. The number of amides is 1. The van der Waals surface area contributed by atoms with Crippen molar-refractivity contribution >= 4 is 17.4 Å². The highest BCUT2D eigenvalue weighted by molar-refractivity contribution is 5.94.